The van der Waals surface area contributed by atoms with Crippen molar-refractivity contribution < 1.29 is 9.90 Å². The van der Waals surface area contributed by atoms with Gasteiger partial charge in [0.05, 0.1) is 0 Å². The normalized spacial score (nSPS) is 17.1. The molecule has 3 nitrogen and oxygen atoms in total. The van der Waals surface area contributed by atoms with Crippen LogP contribution in [0.5, 0.6) is 0 Å². The number of aliphatic hydroxyl groups excluding tert-OH is 1. The number of carbonyl (C=O) groups excluding carboxylic acids is 1. The second kappa shape index (κ2) is 7.60. The summed E-state index contributed by atoms with van der Waals surface area (Å²) in [5.41, 5.74) is 1.08. The number of rotatable bonds is 6. The van der Waals surface area contributed by atoms with E-state index in [1.54, 1.807) is 0 Å². The molecule has 0 saturated heterocycles. The zero-order valence-corrected chi connectivity index (χ0v) is 13.5. The molecule has 0 radical (unpaired) electrons. The first-order chi connectivity index (χ1) is 11.3. The third-order valence-electron chi connectivity index (χ3n) is 5.02. The summed E-state index contributed by atoms with van der Waals surface area (Å²) in [5, 5.41) is 12.8. The molecule has 1 aliphatic carbocycles. The molecule has 0 spiro atoms. The molecule has 0 aromatic heterocycles. The zero-order chi connectivity index (χ0) is 16.1. The molecule has 2 aromatic rings. The van der Waals surface area contributed by atoms with Gasteiger partial charge in [-0.1, -0.05) is 74.6 Å². The fourth-order valence-corrected chi connectivity index (χ4v) is 3.70. The van der Waals surface area contributed by atoms with Gasteiger partial charge in [-0.2, -0.15) is 0 Å². The minimum Gasteiger partial charge on any atom is -0.374 e. The van der Waals surface area contributed by atoms with Gasteiger partial charge in [-0.25, -0.2) is 0 Å². The van der Waals surface area contributed by atoms with Crippen molar-refractivity contribution >= 4 is 17.2 Å². The molecule has 1 unspecified atom stereocenters. The lowest BCUT2D eigenvalue weighted by atomic mass is 9.86. The third kappa shape index (κ3) is 3.91. The van der Waals surface area contributed by atoms with Crippen molar-refractivity contribution in [1.29, 1.82) is 0 Å². The first-order valence-electron chi connectivity index (χ1n) is 8.63. The number of benzene rings is 2. The van der Waals surface area contributed by atoms with Crippen LogP contribution in [0, 0.1) is 5.92 Å². The highest BCUT2D eigenvalue weighted by atomic mass is 16.3. The average molecular weight is 311 g/mol. The molecular formula is C20H25NO2. The zero-order valence-electron chi connectivity index (χ0n) is 13.5. The summed E-state index contributed by atoms with van der Waals surface area (Å²) in [6, 6.07) is 14.3. The van der Waals surface area contributed by atoms with Crippen molar-refractivity contribution in [3.63, 3.8) is 0 Å². The summed E-state index contributed by atoms with van der Waals surface area (Å²) in [6.45, 7) is 0.457. The SMILES string of the molecule is O=CN(Cc1cccc2ccccc12)C(O)CC1CCCCC1. The average Bonchev–Trinajstić information content (AvgIpc) is 2.60. The summed E-state index contributed by atoms with van der Waals surface area (Å²) in [5.74, 6) is 0.550. The number of nitrogens with zero attached hydrogens (tertiary/aromatic N) is 1. The molecule has 23 heavy (non-hydrogen) atoms. The quantitative estimate of drug-likeness (QED) is 0.645. The van der Waals surface area contributed by atoms with Crippen molar-refractivity contribution in [3.8, 4) is 0 Å². The molecular weight excluding hydrogens is 286 g/mol. The maximum absolute atomic E-state index is 11.5. The topological polar surface area (TPSA) is 40.5 Å². The lowest BCUT2D eigenvalue weighted by Gasteiger charge is -2.29. The Morgan fingerprint density at radius 3 is 2.61 bits per heavy atom. The van der Waals surface area contributed by atoms with Crippen LogP contribution in [0.3, 0.4) is 0 Å². The Morgan fingerprint density at radius 1 is 1.09 bits per heavy atom. The fourth-order valence-electron chi connectivity index (χ4n) is 3.70. The molecule has 1 N–H and O–H groups in total. The molecule has 2 aromatic carbocycles. The molecule has 1 fully saturated rings. The maximum Gasteiger partial charge on any atom is 0.212 e. The van der Waals surface area contributed by atoms with Crippen LogP contribution in [-0.2, 0) is 11.3 Å². The molecule has 3 rings (SSSR count). The van der Waals surface area contributed by atoms with Crippen LogP contribution in [-0.4, -0.2) is 22.6 Å². The van der Waals surface area contributed by atoms with Crippen LogP contribution < -0.4 is 0 Å². The Hall–Kier alpha value is -1.87. The molecule has 0 aliphatic heterocycles. The van der Waals surface area contributed by atoms with Crippen molar-refractivity contribution in [1.82, 2.24) is 4.90 Å². The number of carbonyl (C=O) groups is 1. The van der Waals surface area contributed by atoms with Gasteiger partial charge in [0.2, 0.25) is 6.41 Å². The van der Waals surface area contributed by atoms with Gasteiger partial charge >= 0.3 is 0 Å². The molecule has 3 heteroatoms. The smallest absolute Gasteiger partial charge is 0.212 e. The summed E-state index contributed by atoms with van der Waals surface area (Å²) in [7, 11) is 0. The van der Waals surface area contributed by atoms with Crippen LogP contribution in [0.25, 0.3) is 10.8 Å². The van der Waals surface area contributed by atoms with E-state index in [9.17, 15) is 9.90 Å². The van der Waals surface area contributed by atoms with Gasteiger partial charge in [0.1, 0.15) is 6.23 Å². The first kappa shape index (κ1) is 16.0. The van der Waals surface area contributed by atoms with Crippen LogP contribution in [0.4, 0.5) is 0 Å². The summed E-state index contributed by atoms with van der Waals surface area (Å²) in [6.07, 6.45) is 6.97. The number of hydrogen-bond donors (Lipinski definition) is 1. The molecule has 1 atom stereocenters. The van der Waals surface area contributed by atoms with Crippen LogP contribution >= 0.6 is 0 Å². The molecule has 1 aliphatic rings. The van der Waals surface area contributed by atoms with E-state index in [0.29, 0.717) is 18.9 Å². The first-order valence-corrected chi connectivity index (χ1v) is 8.63. The van der Waals surface area contributed by atoms with Gasteiger partial charge in [0, 0.05) is 6.54 Å². The van der Waals surface area contributed by atoms with Gasteiger partial charge in [-0.05, 0) is 28.7 Å². The second-order valence-electron chi connectivity index (χ2n) is 6.64. The molecule has 0 bridgehead atoms. The van der Waals surface area contributed by atoms with Crippen molar-refractivity contribution in [2.75, 3.05) is 0 Å². The fraction of sp³-hybridized carbons (Fsp3) is 0.450. The lowest BCUT2D eigenvalue weighted by molar-refractivity contribution is -0.129. The second-order valence-corrected chi connectivity index (χ2v) is 6.64. The van der Waals surface area contributed by atoms with Gasteiger partial charge < -0.3 is 10.0 Å². The Bertz CT molecular complexity index is 644. The number of amides is 1. The van der Waals surface area contributed by atoms with E-state index in [1.807, 2.05) is 24.3 Å². The van der Waals surface area contributed by atoms with Crippen molar-refractivity contribution in [2.45, 2.75) is 51.3 Å². The molecule has 122 valence electrons. The van der Waals surface area contributed by atoms with Crippen LogP contribution in [0.2, 0.25) is 0 Å². The number of aliphatic hydroxyl groups is 1. The van der Waals surface area contributed by atoms with E-state index < -0.39 is 6.23 Å². The Balaban J connectivity index is 1.71. The maximum atomic E-state index is 11.5. The summed E-state index contributed by atoms with van der Waals surface area (Å²) in [4.78, 5) is 13.0. The minimum atomic E-state index is -0.686. The highest BCUT2D eigenvalue weighted by Crippen LogP contribution is 2.28. The highest BCUT2D eigenvalue weighted by molar-refractivity contribution is 5.85. The van der Waals surface area contributed by atoms with Gasteiger partial charge in [0.15, 0.2) is 0 Å². The van der Waals surface area contributed by atoms with Crippen LogP contribution in [0.1, 0.15) is 44.1 Å². The highest BCUT2D eigenvalue weighted by Gasteiger charge is 2.21. The van der Waals surface area contributed by atoms with E-state index in [-0.39, 0.29) is 0 Å². The van der Waals surface area contributed by atoms with Gasteiger partial charge in [-0.3, -0.25) is 4.79 Å². The Morgan fingerprint density at radius 2 is 1.83 bits per heavy atom. The lowest BCUT2D eigenvalue weighted by Crippen LogP contribution is -2.35. The Kier molecular flexibility index (Phi) is 5.29. The van der Waals surface area contributed by atoms with Gasteiger partial charge in [0.25, 0.3) is 0 Å². The van der Waals surface area contributed by atoms with E-state index in [2.05, 4.69) is 18.2 Å². The van der Waals surface area contributed by atoms with Crippen molar-refractivity contribution in [2.24, 2.45) is 5.92 Å². The molecule has 1 amide bonds. The standard InChI is InChI=1S/C20H25NO2/c22-15-21(20(23)13-16-7-2-1-3-8-16)14-18-11-6-10-17-9-4-5-12-19(17)18/h4-6,9-12,15-16,20,23H,1-3,7-8,13-14H2. The monoisotopic (exact) mass is 311 g/mol. The van der Waals surface area contributed by atoms with E-state index in [1.165, 1.54) is 37.0 Å². The third-order valence-corrected chi connectivity index (χ3v) is 5.02. The van der Waals surface area contributed by atoms with Crippen LogP contribution in [0.15, 0.2) is 42.5 Å². The van der Waals surface area contributed by atoms with Gasteiger partial charge in [-0.15, -0.1) is 0 Å². The van der Waals surface area contributed by atoms with Crippen molar-refractivity contribution in [3.05, 3.63) is 48.0 Å². The molecule has 1 saturated carbocycles. The summed E-state index contributed by atoms with van der Waals surface area (Å²) < 4.78 is 0. The minimum absolute atomic E-state index is 0.457. The number of hydrogen-bond acceptors (Lipinski definition) is 2. The Labute approximate surface area is 137 Å². The van der Waals surface area contributed by atoms with E-state index in [4.69, 9.17) is 0 Å². The van der Waals surface area contributed by atoms with E-state index >= 15 is 0 Å². The predicted molar refractivity (Wildman–Crippen MR) is 92.8 cm³/mol. The molecule has 0 heterocycles. The largest absolute Gasteiger partial charge is 0.374 e. The number of fused-ring (bicyclic) bond motifs is 1. The predicted octanol–water partition coefficient (Wildman–Crippen LogP) is 4.09. The summed E-state index contributed by atoms with van der Waals surface area (Å²) >= 11 is 0. The van der Waals surface area contributed by atoms with E-state index in [0.717, 1.165) is 22.7 Å².